The Morgan fingerprint density at radius 3 is 2.43 bits per heavy atom. The van der Waals surface area contributed by atoms with Crippen LogP contribution in [-0.2, 0) is 6.42 Å². The Hall–Kier alpha value is -2.04. The van der Waals surface area contributed by atoms with E-state index >= 15 is 0 Å². The minimum Gasteiger partial charge on any atom is -0.487 e. The molecule has 0 atom stereocenters. The lowest BCUT2D eigenvalue weighted by Gasteiger charge is -2.15. The Labute approximate surface area is 123 Å². The van der Waals surface area contributed by atoms with Gasteiger partial charge in [-0.1, -0.05) is 30.3 Å². The average molecular weight is 286 g/mol. The maximum atomic E-state index is 9.01. The van der Waals surface area contributed by atoms with Crippen molar-refractivity contribution in [1.29, 1.82) is 0 Å². The molecule has 0 bridgehead atoms. The minimum atomic E-state index is -0.0456. The molecule has 0 heterocycles. The Bertz CT molecular complexity index is 637. The third-order valence-electron chi connectivity index (χ3n) is 3.59. The van der Waals surface area contributed by atoms with Gasteiger partial charge < -0.3 is 19.7 Å². The van der Waals surface area contributed by atoms with E-state index in [0.717, 1.165) is 17.5 Å². The summed E-state index contributed by atoms with van der Waals surface area (Å²) in [6.45, 7) is 0.357. The van der Waals surface area contributed by atoms with Gasteiger partial charge in [0.25, 0.3) is 0 Å². The normalized spacial score (nSPS) is 11.9. The number of ether oxygens (including phenoxy) is 2. The molecule has 0 fully saturated rings. The molecule has 4 nitrogen and oxygen atoms in total. The topological polar surface area (TPSA) is 58.9 Å². The van der Waals surface area contributed by atoms with Gasteiger partial charge in [-0.25, -0.2) is 0 Å². The first-order valence-corrected chi connectivity index (χ1v) is 7.06. The number of benzene rings is 2. The lowest BCUT2D eigenvalue weighted by atomic mass is 10.1. The fourth-order valence-electron chi connectivity index (χ4n) is 2.74. The van der Waals surface area contributed by atoms with Crippen LogP contribution in [0.2, 0.25) is 0 Å². The number of rotatable bonds is 6. The largest absolute Gasteiger partial charge is 0.487 e. The molecule has 0 amide bonds. The minimum absolute atomic E-state index is 0.0449. The van der Waals surface area contributed by atoms with Gasteiger partial charge in [-0.15, -0.1) is 0 Å². The quantitative estimate of drug-likeness (QED) is 0.727. The molecule has 110 valence electrons. The van der Waals surface area contributed by atoms with E-state index in [0.29, 0.717) is 11.5 Å². The molecule has 0 spiro atoms. The monoisotopic (exact) mass is 286 g/mol. The lowest BCUT2D eigenvalue weighted by Crippen LogP contribution is -2.08. The van der Waals surface area contributed by atoms with E-state index in [9.17, 15) is 0 Å². The molecule has 3 rings (SSSR count). The van der Waals surface area contributed by atoms with Crippen molar-refractivity contribution in [3.8, 4) is 22.6 Å². The van der Waals surface area contributed by atoms with E-state index in [1.165, 1.54) is 11.1 Å². The van der Waals surface area contributed by atoms with Crippen molar-refractivity contribution in [2.45, 2.75) is 6.42 Å². The number of fused-ring (bicyclic) bond motifs is 3. The highest BCUT2D eigenvalue weighted by atomic mass is 16.5. The molecule has 0 radical (unpaired) electrons. The Balaban J connectivity index is 2.02. The van der Waals surface area contributed by atoms with Crippen molar-refractivity contribution in [3.05, 3.63) is 47.5 Å². The van der Waals surface area contributed by atoms with Crippen LogP contribution in [0.1, 0.15) is 11.1 Å². The maximum absolute atomic E-state index is 9.01. The molecule has 2 aromatic carbocycles. The van der Waals surface area contributed by atoms with Gasteiger partial charge in [0.05, 0.1) is 13.2 Å². The number of hydrogen-bond acceptors (Lipinski definition) is 4. The fraction of sp³-hybridized carbons (Fsp3) is 0.294. The van der Waals surface area contributed by atoms with E-state index in [-0.39, 0.29) is 26.4 Å². The Morgan fingerprint density at radius 1 is 0.857 bits per heavy atom. The molecular weight excluding hydrogens is 268 g/mol. The van der Waals surface area contributed by atoms with Crippen molar-refractivity contribution >= 4 is 0 Å². The summed E-state index contributed by atoms with van der Waals surface area (Å²) in [5, 5.41) is 17.9. The first-order chi connectivity index (χ1) is 10.3. The molecule has 0 aliphatic heterocycles. The van der Waals surface area contributed by atoms with E-state index in [1.54, 1.807) is 0 Å². The first kappa shape index (κ1) is 13.9. The van der Waals surface area contributed by atoms with Crippen LogP contribution in [0.4, 0.5) is 0 Å². The van der Waals surface area contributed by atoms with E-state index < -0.39 is 0 Å². The summed E-state index contributed by atoms with van der Waals surface area (Å²) in [7, 11) is 0. The molecule has 2 aromatic rings. The van der Waals surface area contributed by atoms with Gasteiger partial charge in [0.1, 0.15) is 13.2 Å². The fourth-order valence-corrected chi connectivity index (χ4v) is 2.74. The second-order valence-electron chi connectivity index (χ2n) is 4.90. The molecule has 0 saturated heterocycles. The highest BCUT2D eigenvalue weighted by molar-refractivity contribution is 5.80. The molecule has 0 aromatic heterocycles. The highest BCUT2D eigenvalue weighted by Crippen LogP contribution is 2.45. The van der Waals surface area contributed by atoms with Crippen LogP contribution < -0.4 is 9.47 Å². The van der Waals surface area contributed by atoms with Gasteiger partial charge in [0, 0.05) is 12.0 Å². The molecule has 4 heteroatoms. The number of aliphatic hydroxyl groups excluding tert-OH is 2. The van der Waals surface area contributed by atoms with Crippen LogP contribution in [0.15, 0.2) is 36.4 Å². The Kier molecular flexibility index (Phi) is 4.08. The van der Waals surface area contributed by atoms with Crippen LogP contribution in [0, 0.1) is 0 Å². The summed E-state index contributed by atoms with van der Waals surface area (Å²) < 4.78 is 11.3. The van der Waals surface area contributed by atoms with Gasteiger partial charge in [-0.3, -0.25) is 0 Å². The summed E-state index contributed by atoms with van der Waals surface area (Å²) in [6.07, 6.45) is 0.794. The molecule has 0 unspecified atom stereocenters. The zero-order valence-corrected chi connectivity index (χ0v) is 11.7. The zero-order valence-electron chi connectivity index (χ0n) is 11.7. The predicted molar refractivity (Wildman–Crippen MR) is 79.8 cm³/mol. The first-order valence-electron chi connectivity index (χ1n) is 7.06. The summed E-state index contributed by atoms with van der Waals surface area (Å²) in [4.78, 5) is 0. The molecule has 21 heavy (non-hydrogen) atoms. The smallest absolute Gasteiger partial charge is 0.165 e. The van der Waals surface area contributed by atoms with Crippen LogP contribution in [0.5, 0.6) is 11.5 Å². The summed E-state index contributed by atoms with van der Waals surface area (Å²) >= 11 is 0. The van der Waals surface area contributed by atoms with Gasteiger partial charge in [-0.2, -0.15) is 0 Å². The lowest BCUT2D eigenvalue weighted by molar-refractivity contribution is 0.177. The van der Waals surface area contributed by atoms with Crippen molar-refractivity contribution in [2.75, 3.05) is 26.4 Å². The summed E-state index contributed by atoms with van der Waals surface area (Å²) in [5.74, 6) is 1.29. The van der Waals surface area contributed by atoms with Crippen molar-refractivity contribution in [3.63, 3.8) is 0 Å². The summed E-state index contributed by atoms with van der Waals surface area (Å²) in [5.41, 5.74) is 4.71. The Morgan fingerprint density at radius 2 is 1.62 bits per heavy atom. The second kappa shape index (κ2) is 6.16. The van der Waals surface area contributed by atoms with Gasteiger partial charge in [-0.05, 0) is 22.8 Å². The maximum Gasteiger partial charge on any atom is 0.165 e. The highest BCUT2D eigenvalue weighted by Gasteiger charge is 2.24. The standard InChI is InChI=1S/C17H18O4/c18-7-9-20-16-6-5-14-13-4-2-1-3-12(13)11-15(14)17(16)21-10-8-19/h1-6,18-19H,7-11H2. The SMILES string of the molecule is OCCOc1ccc2c(c1OCCO)Cc1ccccc1-2. The molecule has 2 N–H and O–H groups in total. The van der Waals surface area contributed by atoms with Gasteiger partial charge in [0.2, 0.25) is 0 Å². The van der Waals surface area contributed by atoms with Crippen molar-refractivity contribution in [1.82, 2.24) is 0 Å². The molecule has 0 saturated carbocycles. The van der Waals surface area contributed by atoms with E-state index in [4.69, 9.17) is 19.7 Å². The molecule has 1 aliphatic rings. The van der Waals surface area contributed by atoms with E-state index in [1.807, 2.05) is 24.3 Å². The second-order valence-corrected chi connectivity index (χ2v) is 4.90. The summed E-state index contributed by atoms with van der Waals surface area (Å²) in [6, 6.07) is 12.2. The zero-order chi connectivity index (χ0) is 14.7. The third kappa shape index (κ3) is 2.60. The third-order valence-corrected chi connectivity index (χ3v) is 3.59. The molecular formula is C17H18O4. The van der Waals surface area contributed by atoms with Crippen LogP contribution in [0.3, 0.4) is 0 Å². The van der Waals surface area contributed by atoms with Gasteiger partial charge >= 0.3 is 0 Å². The predicted octanol–water partition coefficient (Wildman–Crippen LogP) is 2.00. The molecule has 1 aliphatic carbocycles. The number of hydrogen-bond donors (Lipinski definition) is 2. The average Bonchev–Trinajstić information content (AvgIpc) is 2.90. The van der Waals surface area contributed by atoms with Crippen LogP contribution in [-0.4, -0.2) is 36.6 Å². The van der Waals surface area contributed by atoms with E-state index in [2.05, 4.69) is 12.1 Å². The van der Waals surface area contributed by atoms with Crippen LogP contribution in [0.25, 0.3) is 11.1 Å². The van der Waals surface area contributed by atoms with Crippen LogP contribution >= 0.6 is 0 Å². The van der Waals surface area contributed by atoms with Gasteiger partial charge in [0.15, 0.2) is 11.5 Å². The number of aliphatic hydroxyl groups is 2. The van der Waals surface area contributed by atoms with Crippen molar-refractivity contribution in [2.24, 2.45) is 0 Å². The van der Waals surface area contributed by atoms with Crippen molar-refractivity contribution < 1.29 is 19.7 Å².